The summed E-state index contributed by atoms with van der Waals surface area (Å²) in [5, 5.41) is 3.04. The van der Waals surface area contributed by atoms with Gasteiger partial charge in [-0.05, 0) is 18.2 Å². The number of nitrogens with one attached hydrogen (secondary N) is 2. The molecule has 2 N–H and O–H groups in total. The lowest BCUT2D eigenvalue weighted by Crippen LogP contribution is -2.44. The lowest BCUT2D eigenvalue weighted by atomic mass is 10.2. The number of hydrogen-bond acceptors (Lipinski definition) is 6. The molecule has 132 valence electrons. The van der Waals surface area contributed by atoms with Crippen LogP contribution in [0, 0.1) is 0 Å². The van der Waals surface area contributed by atoms with Gasteiger partial charge in [0.15, 0.2) is 6.61 Å². The molecule has 0 bridgehead atoms. The van der Waals surface area contributed by atoms with E-state index in [-0.39, 0.29) is 5.56 Å². The summed E-state index contributed by atoms with van der Waals surface area (Å²) in [6, 6.07) is 2.99. The first-order valence-corrected chi connectivity index (χ1v) is 6.77. The Morgan fingerprint density at radius 3 is 2.44 bits per heavy atom. The number of carbonyl (C=O) groups is 3. The van der Waals surface area contributed by atoms with E-state index < -0.39 is 37.2 Å². The van der Waals surface area contributed by atoms with Crippen molar-refractivity contribution in [3.05, 3.63) is 36.2 Å². The Morgan fingerprint density at radius 1 is 1.08 bits per heavy atom. The van der Waals surface area contributed by atoms with E-state index in [9.17, 15) is 27.6 Å². The van der Waals surface area contributed by atoms with Gasteiger partial charge in [0.25, 0.3) is 5.91 Å². The summed E-state index contributed by atoms with van der Waals surface area (Å²) in [5.74, 6) is -1.94. The van der Waals surface area contributed by atoms with E-state index >= 15 is 0 Å². The predicted octanol–water partition coefficient (Wildman–Crippen LogP) is 1.17. The van der Waals surface area contributed by atoms with Crippen LogP contribution >= 0.6 is 0 Å². The van der Waals surface area contributed by atoms with Crippen molar-refractivity contribution in [2.24, 2.45) is 0 Å². The number of benzene rings is 1. The Bertz CT molecular complexity index is 810. The molecule has 0 aliphatic carbocycles. The number of ether oxygens (including phenoxy) is 1. The van der Waals surface area contributed by atoms with Crippen LogP contribution in [0.2, 0.25) is 0 Å². The molecular formula is C14H11F3N4O4. The van der Waals surface area contributed by atoms with Gasteiger partial charge in [-0.15, -0.1) is 0 Å². The van der Waals surface area contributed by atoms with Gasteiger partial charge in [-0.2, -0.15) is 13.2 Å². The van der Waals surface area contributed by atoms with Crippen molar-refractivity contribution in [1.82, 2.24) is 20.6 Å². The topological polar surface area (TPSA) is 110 Å². The second kappa shape index (κ2) is 7.55. The Kier molecular flexibility index (Phi) is 5.47. The van der Waals surface area contributed by atoms with Crippen LogP contribution in [0.5, 0.6) is 0 Å². The van der Waals surface area contributed by atoms with Crippen LogP contribution in [-0.4, -0.2) is 47.2 Å². The minimum absolute atomic E-state index is 0.0994. The van der Waals surface area contributed by atoms with Gasteiger partial charge in [-0.1, -0.05) is 0 Å². The predicted molar refractivity (Wildman–Crippen MR) is 77.4 cm³/mol. The smallest absolute Gasteiger partial charge is 0.405 e. The van der Waals surface area contributed by atoms with Crippen molar-refractivity contribution in [2.75, 3.05) is 13.2 Å². The molecule has 0 radical (unpaired) electrons. The maximum Gasteiger partial charge on any atom is 0.405 e. The van der Waals surface area contributed by atoms with Crippen LogP contribution in [0.1, 0.15) is 10.4 Å². The maximum atomic E-state index is 11.9. The van der Waals surface area contributed by atoms with Crippen molar-refractivity contribution in [3.8, 4) is 0 Å². The fourth-order valence-electron chi connectivity index (χ4n) is 1.69. The number of rotatable bonds is 4. The molecule has 0 saturated carbocycles. The average Bonchev–Trinajstić information content (AvgIpc) is 2.57. The lowest BCUT2D eigenvalue weighted by Gasteiger charge is -2.09. The Balaban J connectivity index is 1.84. The Labute approximate surface area is 138 Å². The number of fused-ring (bicyclic) bond motifs is 1. The molecule has 0 unspecified atom stereocenters. The molecule has 2 aromatic rings. The fraction of sp³-hybridized carbons (Fsp3) is 0.214. The van der Waals surface area contributed by atoms with Crippen LogP contribution in [0.3, 0.4) is 0 Å². The van der Waals surface area contributed by atoms with E-state index in [1.54, 1.807) is 5.32 Å². The van der Waals surface area contributed by atoms with E-state index in [1.165, 1.54) is 35.9 Å². The van der Waals surface area contributed by atoms with E-state index in [0.29, 0.717) is 11.0 Å². The molecule has 25 heavy (non-hydrogen) atoms. The molecule has 1 heterocycles. The largest absolute Gasteiger partial charge is 0.452 e. The highest BCUT2D eigenvalue weighted by Gasteiger charge is 2.28. The Hall–Kier alpha value is -3.24. The van der Waals surface area contributed by atoms with E-state index in [2.05, 4.69) is 14.7 Å². The molecular weight excluding hydrogens is 345 g/mol. The highest BCUT2D eigenvalue weighted by molar-refractivity contribution is 5.97. The van der Waals surface area contributed by atoms with Crippen LogP contribution in [0.25, 0.3) is 11.0 Å². The van der Waals surface area contributed by atoms with Gasteiger partial charge < -0.3 is 10.1 Å². The number of esters is 1. The third-order valence-corrected chi connectivity index (χ3v) is 2.74. The first-order valence-electron chi connectivity index (χ1n) is 6.77. The summed E-state index contributed by atoms with van der Waals surface area (Å²) in [6.45, 7) is -2.43. The molecule has 0 aliphatic rings. The number of aromatic nitrogens is 2. The van der Waals surface area contributed by atoms with Crippen LogP contribution in [0.15, 0.2) is 30.6 Å². The van der Waals surface area contributed by atoms with Gasteiger partial charge in [0.05, 0.1) is 16.6 Å². The van der Waals surface area contributed by atoms with Gasteiger partial charge in [0, 0.05) is 12.4 Å². The molecule has 0 saturated heterocycles. The van der Waals surface area contributed by atoms with Gasteiger partial charge in [0.2, 0.25) is 0 Å². The number of urea groups is 1. The van der Waals surface area contributed by atoms with E-state index in [0.717, 1.165) is 0 Å². The molecule has 1 aromatic carbocycles. The molecule has 11 heteroatoms. The SMILES string of the molecule is O=C(COC(=O)c1ccc2nccnc2c1)NC(=O)NCC(F)(F)F. The van der Waals surface area contributed by atoms with Gasteiger partial charge in [0.1, 0.15) is 6.54 Å². The number of nitrogens with zero attached hydrogens (tertiary/aromatic N) is 2. The van der Waals surface area contributed by atoms with Gasteiger partial charge in [-0.25, -0.2) is 9.59 Å². The molecule has 1 aromatic heterocycles. The summed E-state index contributed by atoms with van der Waals surface area (Å²) < 4.78 is 40.4. The molecule has 3 amide bonds. The zero-order chi connectivity index (χ0) is 18.4. The minimum Gasteiger partial charge on any atom is -0.452 e. The summed E-state index contributed by atoms with van der Waals surface area (Å²) in [5.41, 5.74) is 1.09. The zero-order valence-corrected chi connectivity index (χ0v) is 12.5. The number of alkyl halides is 3. The summed E-state index contributed by atoms with van der Waals surface area (Å²) in [7, 11) is 0. The number of amides is 3. The van der Waals surface area contributed by atoms with Crippen LogP contribution in [-0.2, 0) is 9.53 Å². The van der Waals surface area contributed by atoms with Crippen molar-refractivity contribution in [3.63, 3.8) is 0 Å². The van der Waals surface area contributed by atoms with Crippen molar-refractivity contribution in [2.45, 2.75) is 6.18 Å². The Morgan fingerprint density at radius 2 is 1.76 bits per heavy atom. The highest BCUT2D eigenvalue weighted by Crippen LogP contribution is 2.12. The molecule has 0 aliphatic heterocycles. The summed E-state index contributed by atoms with van der Waals surface area (Å²) in [4.78, 5) is 42.3. The van der Waals surface area contributed by atoms with Crippen molar-refractivity contribution in [1.29, 1.82) is 0 Å². The van der Waals surface area contributed by atoms with Crippen molar-refractivity contribution < 1.29 is 32.3 Å². The fourth-order valence-corrected chi connectivity index (χ4v) is 1.69. The molecule has 0 fully saturated rings. The minimum atomic E-state index is -4.61. The number of carbonyl (C=O) groups excluding carboxylic acids is 3. The average molecular weight is 356 g/mol. The molecule has 0 atom stereocenters. The van der Waals surface area contributed by atoms with Gasteiger partial charge in [-0.3, -0.25) is 20.1 Å². The third kappa shape index (κ3) is 5.71. The molecule has 0 spiro atoms. The summed E-state index contributed by atoms with van der Waals surface area (Å²) in [6.07, 6.45) is -1.69. The first-order chi connectivity index (χ1) is 11.7. The quantitative estimate of drug-likeness (QED) is 0.796. The molecule has 8 nitrogen and oxygen atoms in total. The zero-order valence-electron chi connectivity index (χ0n) is 12.5. The highest BCUT2D eigenvalue weighted by atomic mass is 19.4. The maximum absolute atomic E-state index is 11.9. The monoisotopic (exact) mass is 356 g/mol. The second-order valence-corrected chi connectivity index (χ2v) is 4.68. The van der Waals surface area contributed by atoms with E-state index in [1.807, 2.05) is 0 Å². The van der Waals surface area contributed by atoms with Crippen LogP contribution < -0.4 is 10.6 Å². The normalized spacial score (nSPS) is 11.0. The van der Waals surface area contributed by atoms with Crippen molar-refractivity contribution >= 4 is 28.9 Å². The number of imide groups is 1. The number of hydrogen-bond donors (Lipinski definition) is 2. The first kappa shape index (κ1) is 18.1. The lowest BCUT2D eigenvalue weighted by molar-refractivity contribution is -0.125. The van der Waals surface area contributed by atoms with Crippen LogP contribution in [0.4, 0.5) is 18.0 Å². The molecule has 2 rings (SSSR count). The standard InChI is InChI=1S/C14H11F3N4O4/c15-14(16,17)7-20-13(24)21-11(22)6-25-12(23)8-1-2-9-10(5-8)19-4-3-18-9/h1-5H,6-7H2,(H2,20,21,22,24). The number of halogens is 3. The summed E-state index contributed by atoms with van der Waals surface area (Å²) >= 11 is 0. The van der Waals surface area contributed by atoms with E-state index in [4.69, 9.17) is 0 Å². The van der Waals surface area contributed by atoms with Gasteiger partial charge >= 0.3 is 18.2 Å². The second-order valence-electron chi connectivity index (χ2n) is 4.68. The third-order valence-electron chi connectivity index (χ3n) is 2.74.